The van der Waals surface area contributed by atoms with Crippen LogP contribution in [0.1, 0.15) is 31.4 Å². The Morgan fingerprint density at radius 1 is 1.32 bits per heavy atom. The zero-order valence-corrected chi connectivity index (χ0v) is 11.5. The van der Waals surface area contributed by atoms with E-state index in [0.717, 1.165) is 29.7 Å². The van der Waals surface area contributed by atoms with Gasteiger partial charge in [0.15, 0.2) is 0 Å². The van der Waals surface area contributed by atoms with Crippen molar-refractivity contribution < 1.29 is 9.59 Å². The maximum absolute atomic E-state index is 12.2. The monoisotopic (exact) mass is 260 g/mol. The van der Waals surface area contributed by atoms with E-state index in [4.69, 9.17) is 0 Å². The van der Waals surface area contributed by atoms with E-state index in [-0.39, 0.29) is 17.7 Å². The molecule has 1 atom stereocenters. The van der Waals surface area contributed by atoms with Gasteiger partial charge in [0.2, 0.25) is 11.8 Å². The van der Waals surface area contributed by atoms with Crippen LogP contribution < -0.4 is 10.6 Å². The smallest absolute Gasteiger partial charge is 0.229 e. The molecule has 0 spiro atoms. The summed E-state index contributed by atoms with van der Waals surface area (Å²) < 4.78 is 0. The Hall–Kier alpha value is -1.84. The molecule has 1 aliphatic heterocycles. The largest absolute Gasteiger partial charge is 0.355 e. The van der Waals surface area contributed by atoms with Crippen LogP contribution in [0.4, 0.5) is 5.69 Å². The van der Waals surface area contributed by atoms with Crippen LogP contribution in [0.3, 0.4) is 0 Å². The quantitative estimate of drug-likeness (QED) is 0.868. The topological polar surface area (TPSA) is 58.2 Å². The van der Waals surface area contributed by atoms with E-state index in [1.165, 1.54) is 0 Å². The standard InChI is InChI=1S/C15H20N2O2/c1-3-10-6-5-7-11(4-2)14(10)17-15(19)12-8-13(18)16-9-12/h5-7,12H,3-4,8-9H2,1-2H3,(H,16,18)(H,17,19). The Morgan fingerprint density at radius 3 is 2.42 bits per heavy atom. The number of anilines is 1. The van der Waals surface area contributed by atoms with Crippen molar-refractivity contribution in [3.05, 3.63) is 29.3 Å². The Bertz CT molecular complexity index is 475. The highest BCUT2D eigenvalue weighted by Crippen LogP contribution is 2.24. The van der Waals surface area contributed by atoms with Crippen LogP contribution in [-0.2, 0) is 22.4 Å². The third kappa shape index (κ3) is 2.95. The fourth-order valence-electron chi connectivity index (χ4n) is 2.42. The Balaban J connectivity index is 2.18. The van der Waals surface area contributed by atoms with Gasteiger partial charge in [0.1, 0.15) is 0 Å². The molecule has 1 aromatic rings. The summed E-state index contributed by atoms with van der Waals surface area (Å²) in [6.07, 6.45) is 2.05. The number of hydrogen-bond donors (Lipinski definition) is 2. The molecule has 2 N–H and O–H groups in total. The fraction of sp³-hybridized carbons (Fsp3) is 0.467. The molecule has 0 radical (unpaired) electrons. The lowest BCUT2D eigenvalue weighted by atomic mass is 10.0. The minimum atomic E-state index is -0.248. The lowest BCUT2D eigenvalue weighted by molar-refractivity contribution is -0.123. The van der Waals surface area contributed by atoms with Gasteiger partial charge < -0.3 is 10.6 Å². The molecule has 1 aromatic carbocycles. The van der Waals surface area contributed by atoms with Crippen molar-refractivity contribution in [1.82, 2.24) is 5.32 Å². The van der Waals surface area contributed by atoms with E-state index in [1.807, 2.05) is 18.2 Å². The predicted molar refractivity (Wildman–Crippen MR) is 74.9 cm³/mol. The van der Waals surface area contributed by atoms with Gasteiger partial charge in [0.05, 0.1) is 5.92 Å². The number of para-hydroxylation sites is 1. The maximum atomic E-state index is 12.2. The van der Waals surface area contributed by atoms with Crippen molar-refractivity contribution in [3.8, 4) is 0 Å². The van der Waals surface area contributed by atoms with Crippen molar-refractivity contribution in [3.63, 3.8) is 0 Å². The number of hydrogen-bond acceptors (Lipinski definition) is 2. The number of carbonyl (C=O) groups excluding carboxylic acids is 2. The van der Waals surface area contributed by atoms with E-state index in [2.05, 4.69) is 24.5 Å². The van der Waals surface area contributed by atoms with Gasteiger partial charge in [-0.2, -0.15) is 0 Å². The van der Waals surface area contributed by atoms with Crippen LogP contribution in [0.25, 0.3) is 0 Å². The van der Waals surface area contributed by atoms with Crippen molar-refractivity contribution in [2.75, 3.05) is 11.9 Å². The zero-order chi connectivity index (χ0) is 13.8. The van der Waals surface area contributed by atoms with Gasteiger partial charge in [-0.25, -0.2) is 0 Å². The van der Waals surface area contributed by atoms with Crippen molar-refractivity contribution >= 4 is 17.5 Å². The summed E-state index contributed by atoms with van der Waals surface area (Å²) in [6, 6.07) is 6.09. The van der Waals surface area contributed by atoms with E-state index < -0.39 is 0 Å². The highest BCUT2D eigenvalue weighted by molar-refractivity contribution is 5.98. The Labute approximate surface area is 113 Å². The van der Waals surface area contributed by atoms with Crippen LogP contribution in [0.2, 0.25) is 0 Å². The molecule has 1 fully saturated rings. The van der Waals surface area contributed by atoms with E-state index >= 15 is 0 Å². The molecule has 1 unspecified atom stereocenters. The second-order valence-electron chi connectivity index (χ2n) is 4.85. The fourth-order valence-corrected chi connectivity index (χ4v) is 2.42. The first-order valence-electron chi connectivity index (χ1n) is 6.84. The molecule has 1 aliphatic rings. The highest BCUT2D eigenvalue weighted by Gasteiger charge is 2.28. The molecule has 0 saturated carbocycles. The molecule has 1 heterocycles. The van der Waals surface area contributed by atoms with E-state index in [1.54, 1.807) is 0 Å². The first-order chi connectivity index (χ1) is 9.15. The number of benzene rings is 1. The summed E-state index contributed by atoms with van der Waals surface area (Å²) in [5.74, 6) is -0.351. The molecular weight excluding hydrogens is 240 g/mol. The number of nitrogens with one attached hydrogen (secondary N) is 2. The van der Waals surface area contributed by atoms with Gasteiger partial charge in [-0.05, 0) is 24.0 Å². The summed E-state index contributed by atoms with van der Waals surface area (Å²) in [5.41, 5.74) is 3.21. The molecule has 0 aromatic heterocycles. The van der Waals surface area contributed by atoms with Crippen molar-refractivity contribution in [1.29, 1.82) is 0 Å². The molecule has 2 rings (SSSR count). The van der Waals surface area contributed by atoms with E-state index in [9.17, 15) is 9.59 Å². The number of carbonyl (C=O) groups is 2. The van der Waals surface area contributed by atoms with Crippen molar-refractivity contribution in [2.45, 2.75) is 33.1 Å². The predicted octanol–water partition coefficient (Wildman–Crippen LogP) is 1.89. The number of amides is 2. The third-order valence-corrected chi connectivity index (χ3v) is 3.60. The summed E-state index contributed by atoms with van der Waals surface area (Å²) in [6.45, 7) is 4.59. The minimum Gasteiger partial charge on any atom is -0.355 e. The SMILES string of the molecule is CCc1cccc(CC)c1NC(=O)C1CNC(=O)C1. The minimum absolute atomic E-state index is 0.0420. The zero-order valence-electron chi connectivity index (χ0n) is 11.5. The van der Waals surface area contributed by atoms with Crippen LogP contribution in [0.15, 0.2) is 18.2 Å². The summed E-state index contributed by atoms with van der Waals surface area (Å²) in [4.78, 5) is 23.4. The molecule has 1 saturated heterocycles. The van der Waals surface area contributed by atoms with Gasteiger partial charge in [-0.3, -0.25) is 9.59 Å². The lowest BCUT2D eigenvalue weighted by Crippen LogP contribution is -2.25. The second kappa shape index (κ2) is 5.87. The van der Waals surface area contributed by atoms with E-state index in [0.29, 0.717) is 13.0 Å². The van der Waals surface area contributed by atoms with Gasteiger partial charge in [-0.15, -0.1) is 0 Å². The molecule has 102 valence electrons. The molecule has 4 heteroatoms. The second-order valence-corrected chi connectivity index (χ2v) is 4.85. The van der Waals surface area contributed by atoms with Gasteiger partial charge >= 0.3 is 0 Å². The Kier molecular flexibility index (Phi) is 4.20. The van der Waals surface area contributed by atoms with Gasteiger partial charge in [-0.1, -0.05) is 32.0 Å². The molecular formula is C15H20N2O2. The maximum Gasteiger partial charge on any atom is 0.229 e. The van der Waals surface area contributed by atoms with Crippen LogP contribution in [0.5, 0.6) is 0 Å². The first kappa shape index (κ1) is 13.6. The molecule has 19 heavy (non-hydrogen) atoms. The molecule has 0 bridgehead atoms. The average molecular weight is 260 g/mol. The van der Waals surface area contributed by atoms with Gasteiger partial charge in [0, 0.05) is 18.7 Å². The van der Waals surface area contributed by atoms with Crippen molar-refractivity contribution in [2.24, 2.45) is 5.92 Å². The summed E-state index contributed by atoms with van der Waals surface area (Å²) >= 11 is 0. The normalized spacial score (nSPS) is 18.2. The lowest BCUT2D eigenvalue weighted by Gasteiger charge is -2.16. The van der Waals surface area contributed by atoms with Crippen LogP contribution in [-0.4, -0.2) is 18.4 Å². The third-order valence-electron chi connectivity index (χ3n) is 3.60. The van der Waals surface area contributed by atoms with Crippen LogP contribution in [0, 0.1) is 5.92 Å². The highest BCUT2D eigenvalue weighted by atomic mass is 16.2. The molecule has 0 aliphatic carbocycles. The van der Waals surface area contributed by atoms with Gasteiger partial charge in [0.25, 0.3) is 0 Å². The summed E-state index contributed by atoms with van der Waals surface area (Å²) in [5, 5.41) is 5.71. The number of rotatable bonds is 4. The van der Waals surface area contributed by atoms with Crippen LogP contribution >= 0.6 is 0 Å². The average Bonchev–Trinajstić information content (AvgIpc) is 2.85. The molecule has 2 amide bonds. The number of aryl methyl sites for hydroxylation is 2. The Morgan fingerprint density at radius 2 is 1.95 bits per heavy atom. The molecule has 4 nitrogen and oxygen atoms in total. The first-order valence-corrected chi connectivity index (χ1v) is 6.84. The summed E-state index contributed by atoms with van der Waals surface area (Å²) in [7, 11) is 0.